The van der Waals surface area contributed by atoms with Gasteiger partial charge in [-0.1, -0.05) is 35.3 Å². The summed E-state index contributed by atoms with van der Waals surface area (Å²) in [6, 6.07) is 8.47. The lowest BCUT2D eigenvalue weighted by molar-refractivity contribution is -0.558. The van der Waals surface area contributed by atoms with Gasteiger partial charge in [-0.15, -0.1) is 10.1 Å². The summed E-state index contributed by atoms with van der Waals surface area (Å²) in [7, 11) is 3.46. The predicted molar refractivity (Wildman–Crippen MR) is 97.0 cm³/mol. The number of carbonyl (C=O) groups excluding carboxylic acids is 2. The fraction of sp³-hybridized carbons (Fsp3) is 0.389. The van der Waals surface area contributed by atoms with Crippen molar-refractivity contribution in [2.24, 2.45) is 10.1 Å². The zero-order chi connectivity index (χ0) is 18.6. The van der Waals surface area contributed by atoms with Crippen LogP contribution in [0.3, 0.4) is 0 Å². The molecular weight excluding hydrogens is 332 g/mol. The van der Waals surface area contributed by atoms with E-state index in [-0.39, 0.29) is 24.5 Å². The summed E-state index contributed by atoms with van der Waals surface area (Å²) in [6.07, 6.45) is 0. The van der Waals surface area contributed by atoms with E-state index in [0.717, 1.165) is 11.3 Å². The van der Waals surface area contributed by atoms with Gasteiger partial charge in [-0.05, 0) is 19.4 Å². The van der Waals surface area contributed by atoms with Crippen LogP contribution in [0, 0.1) is 0 Å². The first-order valence-corrected chi connectivity index (χ1v) is 8.56. The van der Waals surface area contributed by atoms with Gasteiger partial charge in [0, 0.05) is 7.05 Å². The number of carbonyl (C=O) groups is 2. The molecule has 1 aromatic carbocycles. The number of amidine groups is 1. The molecule has 0 radical (unpaired) electrons. The fourth-order valence-electron chi connectivity index (χ4n) is 3.58. The second-order valence-electron chi connectivity index (χ2n) is 6.77. The Balaban J connectivity index is 1.73. The van der Waals surface area contributed by atoms with Gasteiger partial charge >= 0.3 is 12.0 Å². The second kappa shape index (κ2) is 5.76. The topological polar surface area (TPSA) is 71.6 Å². The van der Waals surface area contributed by atoms with Gasteiger partial charge in [0.05, 0.1) is 19.3 Å². The Hall–Kier alpha value is -3.03. The standard InChI is InChI=1S/C18H21N6O2/c1-11-12(2)24-14-15(19-17(24)22(4)20-11)21(3)18(26)23(16(14)25)10-13-8-6-5-7-9-13/h5-9,12,14H,10H2,1-4H3/q+1. The average molecular weight is 353 g/mol. The van der Waals surface area contributed by atoms with E-state index >= 15 is 0 Å². The maximum Gasteiger partial charge on any atom is 0.416 e. The molecule has 1 saturated heterocycles. The van der Waals surface area contributed by atoms with E-state index in [4.69, 9.17) is 0 Å². The largest absolute Gasteiger partial charge is 0.416 e. The Morgan fingerprint density at radius 1 is 1.15 bits per heavy atom. The predicted octanol–water partition coefficient (Wildman–Crippen LogP) is 0.940. The molecule has 0 aliphatic carbocycles. The first kappa shape index (κ1) is 16.4. The Labute approximate surface area is 151 Å². The minimum atomic E-state index is -0.612. The van der Waals surface area contributed by atoms with Crippen LogP contribution in [0.1, 0.15) is 19.4 Å². The van der Waals surface area contributed by atoms with Gasteiger partial charge in [0.15, 0.2) is 0 Å². The van der Waals surface area contributed by atoms with E-state index < -0.39 is 6.04 Å². The molecule has 3 aliphatic heterocycles. The molecule has 0 N–H and O–H groups in total. The number of urea groups is 1. The number of benzene rings is 1. The summed E-state index contributed by atoms with van der Waals surface area (Å²) < 4.78 is 1.95. The molecular formula is C18H21N6O2+. The number of likely N-dealkylation sites (N-methyl/N-ethyl adjacent to an activating group) is 1. The van der Waals surface area contributed by atoms with Crippen LogP contribution in [0.5, 0.6) is 0 Å². The zero-order valence-corrected chi connectivity index (χ0v) is 15.2. The summed E-state index contributed by atoms with van der Waals surface area (Å²) in [5, 5.41) is 6.12. The molecule has 26 heavy (non-hydrogen) atoms. The average Bonchev–Trinajstić information content (AvgIpc) is 3.04. The first-order valence-electron chi connectivity index (χ1n) is 8.56. The maximum absolute atomic E-state index is 13.3. The van der Waals surface area contributed by atoms with Crippen molar-refractivity contribution in [3.63, 3.8) is 0 Å². The molecule has 4 rings (SSSR count). The summed E-state index contributed by atoms with van der Waals surface area (Å²) in [5.74, 6) is 0.807. The van der Waals surface area contributed by atoms with Crippen LogP contribution < -0.4 is 0 Å². The molecule has 8 nitrogen and oxygen atoms in total. The number of fused-ring (bicyclic) bond motifs is 2. The molecule has 1 fully saturated rings. The molecule has 0 aromatic heterocycles. The molecule has 0 bridgehead atoms. The highest BCUT2D eigenvalue weighted by molar-refractivity contribution is 6.23. The molecule has 3 aliphatic rings. The van der Waals surface area contributed by atoms with Gasteiger partial charge in [0.25, 0.3) is 5.91 Å². The number of hydrogen-bond donors (Lipinski definition) is 0. The van der Waals surface area contributed by atoms with Crippen LogP contribution >= 0.6 is 0 Å². The number of guanidine groups is 1. The SMILES string of the molecule is CC1=NN(C)C2=[N+](C1C)C1C(=O)N(Cc3ccccc3)C(=O)N(C)C1=N2. The van der Waals surface area contributed by atoms with Gasteiger partial charge in [0.2, 0.25) is 11.9 Å². The lowest BCUT2D eigenvalue weighted by Gasteiger charge is -2.35. The van der Waals surface area contributed by atoms with E-state index in [9.17, 15) is 9.59 Å². The zero-order valence-electron chi connectivity index (χ0n) is 15.2. The van der Waals surface area contributed by atoms with Crippen molar-refractivity contribution in [3.8, 4) is 0 Å². The van der Waals surface area contributed by atoms with Crippen molar-refractivity contribution < 1.29 is 14.2 Å². The molecule has 2 unspecified atom stereocenters. The molecule has 0 spiro atoms. The summed E-state index contributed by atoms with van der Waals surface area (Å²) in [6.45, 7) is 4.17. The maximum atomic E-state index is 13.3. The van der Waals surface area contributed by atoms with E-state index in [1.165, 1.54) is 9.80 Å². The van der Waals surface area contributed by atoms with Crippen LogP contribution in [0.2, 0.25) is 0 Å². The van der Waals surface area contributed by atoms with E-state index in [0.29, 0.717) is 11.8 Å². The monoisotopic (exact) mass is 353 g/mol. The van der Waals surface area contributed by atoms with Crippen LogP contribution in [0.4, 0.5) is 4.79 Å². The second-order valence-corrected chi connectivity index (χ2v) is 6.77. The number of nitrogens with zero attached hydrogens (tertiary/aromatic N) is 6. The Kier molecular flexibility index (Phi) is 3.64. The third kappa shape index (κ3) is 2.25. The van der Waals surface area contributed by atoms with Gasteiger partial charge in [-0.3, -0.25) is 14.6 Å². The Bertz CT molecular complexity index is 888. The highest BCUT2D eigenvalue weighted by atomic mass is 16.2. The van der Waals surface area contributed by atoms with Crippen molar-refractivity contribution >= 4 is 29.4 Å². The third-order valence-corrected chi connectivity index (χ3v) is 5.13. The Morgan fingerprint density at radius 2 is 1.85 bits per heavy atom. The highest BCUT2D eigenvalue weighted by Crippen LogP contribution is 2.25. The van der Waals surface area contributed by atoms with Crippen LogP contribution in [0.25, 0.3) is 0 Å². The minimum absolute atomic E-state index is 0.0726. The number of imide groups is 1. The molecule has 1 aromatic rings. The molecule has 3 heterocycles. The number of rotatable bonds is 2. The van der Waals surface area contributed by atoms with Crippen molar-refractivity contribution in [1.82, 2.24) is 14.8 Å². The van der Waals surface area contributed by atoms with E-state index in [2.05, 4.69) is 10.1 Å². The first-order chi connectivity index (χ1) is 12.4. The number of amides is 3. The number of hydrazone groups is 1. The highest BCUT2D eigenvalue weighted by Gasteiger charge is 2.55. The van der Waals surface area contributed by atoms with Gasteiger partial charge in [-0.25, -0.2) is 9.37 Å². The normalized spacial score (nSPS) is 25.3. The van der Waals surface area contributed by atoms with E-state index in [1.807, 2.05) is 48.8 Å². The lowest BCUT2D eigenvalue weighted by Crippen LogP contribution is -2.64. The summed E-state index contributed by atoms with van der Waals surface area (Å²) in [4.78, 5) is 33.4. The molecule has 0 saturated carbocycles. The van der Waals surface area contributed by atoms with Crippen molar-refractivity contribution in [2.45, 2.75) is 32.5 Å². The van der Waals surface area contributed by atoms with Crippen molar-refractivity contribution in [3.05, 3.63) is 35.9 Å². The van der Waals surface area contributed by atoms with Gasteiger partial charge < -0.3 is 0 Å². The lowest BCUT2D eigenvalue weighted by atomic mass is 10.1. The van der Waals surface area contributed by atoms with Gasteiger partial charge in [-0.2, -0.15) is 0 Å². The Morgan fingerprint density at radius 3 is 2.54 bits per heavy atom. The van der Waals surface area contributed by atoms with Crippen LogP contribution in [-0.2, 0) is 11.3 Å². The van der Waals surface area contributed by atoms with Gasteiger partial charge in [0.1, 0.15) is 6.04 Å². The van der Waals surface area contributed by atoms with Crippen LogP contribution in [0.15, 0.2) is 40.4 Å². The molecule has 134 valence electrons. The smallest absolute Gasteiger partial charge is 0.270 e. The van der Waals surface area contributed by atoms with Crippen LogP contribution in [-0.4, -0.2) is 75.0 Å². The number of hydrogen-bond acceptors (Lipinski definition) is 5. The summed E-state index contributed by atoms with van der Waals surface area (Å²) >= 11 is 0. The number of aliphatic imine (C=N–C) groups is 1. The fourth-order valence-corrected chi connectivity index (χ4v) is 3.58. The molecule has 8 heteroatoms. The quantitative estimate of drug-likeness (QED) is 0.743. The van der Waals surface area contributed by atoms with E-state index in [1.54, 1.807) is 19.1 Å². The van der Waals surface area contributed by atoms with Crippen molar-refractivity contribution in [1.29, 1.82) is 0 Å². The van der Waals surface area contributed by atoms with Crippen molar-refractivity contribution in [2.75, 3.05) is 14.1 Å². The molecule has 3 amide bonds. The minimum Gasteiger partial charge on any atom is -0.270 e. The molecule has 2 atom stereocenters. The third-order valence-electron chi connectivity index (χ3n) is 5.13. The summed E-state index contributed by atoms with van der Waals surface area (Å²) in [5.41, 5.74) is 1.81.